The first kappa shape index (κ1) is 11.3. The van der Waals surface area contributed by atoms with E-state index in [4.69, 9.17) is 15.8 Å². The van der Waals surface area contributed by atoms with Crippen molar-refractivity contribution >= 4 is 11.6 Å². The van der Waals surface area contributed by atoms with Gasteiger partial charge in [-0.15, -0.1) is 0 Å². The van der Waals surface area contributed by atoms with Crippen LogP contribution in [0.1, 0.15) is 5.82 Å². The number of nitrogens with zero attached hydrogens (tertiary/aromatic N) is 4. The van der Waals surface area contributed by atoms with Gasteiger partial charge in [-0.05, 0) is 4.92 Å². The van der Waals surface area contributed by atoms with Crippen LogP contribution in [0, 0.1) is 10.1 Å². The second kappa shape index (κ2) is 4.37. The Kier molecular flexibility index (Phi) is 2.91. The monoisotopic (exact) mass is 242 g/mol. The molecule has 0 unspecified atom stereocenters. The van der Waals surface area contributed by atoms with Crippen LogP contribution in [-0.4, -0.2) is 31.5 Å². The molecule has 0 bridgehead atoms. The molecule has 2 rings (SSSR count). The van der Waals surface area contributed by atoms with Crippen molar-refractivity contribution in [3.63, 3.8) is 0 Å². The van der Waals surface area contributed by atoms with E-state index in [1.54, 1.807) is 0 Å². The fraction of sp³-hybridized carbons (Fsp3) is 0.286. The second-order valence-corrected chi connectivity index (χ2v) is 3.13. The van der Waals surface area contributed by atoms with Gasteiger partial charge in [0.2, 0.25) is 5.76 Å². The highest BCUT2D eigenvalue weighted by Crippen LogP contribution is 2.22. The average molecular weight is 242 g/mol. The van der Waals surface area contributed by atoms with Crippen molar-refractivity contribution in [2.24, 2.45) is 5.84 Å². The Morgan fingerprint density at radius 2 is 2.47 bits per heavy atom. The molecule has 0 aromatic carbocycles. The summed E-state index contributed by atoms with van der Waals surface area (Å²) < 4.78 is 1.23. The molecule has 0 atom stereocenters. The molecular formula is C7H10N6O4. The van der Waals surface area contributed by atoms with Crippen LogP contribution in [-0.2, 0) is 11.4 Å². The molecule has 92 valence electrons. The Balaban J connectivity index is 2.37. The first-order valence-corrected chi connectivity index (χ1v) is 4.63. The summed E-state index contributed by atoms with van der Waals surface area (Å²) in [5.41, 5.74) is 2.52. The smallest absolute Gasteiger partial charge is 0.343 e. The predicted octanol–water partition coefficient (Wildman–Crippen LogP) is -1.29. The van der Waals surface area contributed by atoms with Crippen molar-refractivity contribution in [2.75, 3.05) is 6.61 Å². The maximum Gasteiger partial charge on any atom is 0.343 e. The highest BCUT2D eigenvalue weighted by Gasteiger charge is 2.27. The minimum absolute atomic E-state index is 0.0386. The lowest BCUT2D eigenvalue weighted by Crippen LogP contribution is -2.35. The van der Waals surface area contributed by atoms with Crippen LogP contribution in [0.5, 0.6) is 0 Å². The van der Waals surface area contributed by atoms with Crippen molar-refractivity contribution in [3.8, 4) is 0 Å². The summed E-state index contributed by atoms with van der Waals surface area (Å²) in [4.78, 5) is 19.0. The van der Waals surface area contributed by atoms with Gasteiger partial charge in [0.15, 0.2) is 0 Å². The van der Waals surface area contributed by atoms with Crippen LogP contribution in [0.25, 0.3) is 5.76 Å². The van der Waals surface area contributed by atoms with E-state index in [9.17, 15) is 10.1 Å². The minimum atomic E-state index is -0.588. The van der Waals surface area contributed by atoms with Gasteiger partial charge in [-0.1, -0.05) is 0 Å². The van der Waals surface area contributed by atoms with E-state index in [2.05, 4.69) is 10.4 Å². The van der Waals surface area contributed by atoms with Gasteiger partial charge in [0.25, 0.3) is 5.82 Å². The fourth-order valence-electron chi connectivity index (χ4n) is 1.42. The van der Waals surface area contributed by atoms with E-state index in [0.29, 0.717) is 0 Å². The van der Waals surface area contributed by atoms with Gasteiger partial charge in [0.05, 0.1) is 12.8 Å². The third kappa shape index (κ3) is 2.04. The standard InChI is InChI=1S/C7H10N6O4/c8-13-10-3-5(17-13)7-9-4-6(12(15)16)11(7)1-2-14/h3-4,10,14H,1-2,8H2. The van der Waals surface area contributed by atoms with Gasteiger partial charge < -0.3 is 20.1 Å². The summed E-state index contributed by atoms with van der Waals surface area (Å²) in [5.74, 6) is 5.50. The van der Waals surface area contributed by atoms with Crippen LogP contribution in [0.15, 0.2) is 12.4 Å². The highest BCUT2D eigenvalue weighted by molar-refractivity contribution is 5.55. The van der Waals surface area contributed by atoms with Gasteiger partial charge in [0, 0.05) is 5.28 Å². The number of imidazole rings is 1. The summed E-state index contributed by atoms with van der Waals surface area (Å²) in [6, 6.07) is 0. The Morgan fingerprint density at radius 1 is 1.71 bits per heavy atom. The maximum absolute atomic E-state index is 10.7. The maximum atomic E-state index is 10.7. The predicted molar refractivity (Wildman–Crippen MR) is 54.2 cm³/mol. The quantitative estimate of drug-likeness (QED) is 0.337. The second-order valence-electron chi connectivity index (χ2n) is 3.13. The highest BCUT2D eigenvalue weighted by atomic mass is 16.7. The molecule has 0 radical (unpaired) electrons. The molecule has 0 saturated carbocycles. The number of nitrogens with two attached hydrogens (primary N) is 1. The van der Waals surface area contributed by atoms with E-state index >= 15 is 0 Å². The van der Waals surface area contributed by atoms with Crippen LogP contribution in [0.3, 0.4) is 0 Å². The molecular weight excluding hydrogens is 232 g/mol. The van der Waals surface area contributed by atoms with E-state index in [-0.39, 0.29) is 30.6 Å². The van der Waals surface area contributed by atoms with Crippen LogP contribution >= 0.6 is 0 Å². The molecule has 0 saturated heterocycles. The Morgan fingerprint density at radius 3 is 3.00 bits per heavy atom. The van der Waals surface area contributed by atoms with Gasteiger partial charge >= 0.3 is 5.82 Å². The molecule has 1 aliphatic rings. The number of aromatic nitrogens is 2. The zero-order chi connectivity index (χ0) is 12.4. The van der Waals surface area contributed by atoms with Gasteiger partial charge in [0.1, 0.15) is 12.7 Å². The summed E-state index contributed by atoms with van der Waals surface area (Å²) in [7, 11) is 0. The molecule has 10 heteroatoms. The zero-order valence-electron chi connectivity index (χ0n) is 8.61. The lowest BCUT2D eigenvalue weighted by molar-refractivity contribution is -0.392. The van der Waals surface area contributed by atoms with Crippen LogP contribution in [0.4, 0.5) is 5.82 Å². The molecule has 0 amide bonds. The molecule has 17 heavy (non-hydrogen) atoms. The molecule has 0 aliphatic carbocycles. The Hall–Kier alpha value is -2.17. The first-order chi connectivity index (χ1) is 8.13. The number of nitro groups is 1. The molecule has 2 heterocycles. The topological polar surface area (TPSA) is 132 Å². The largest absolute Gasteiger partial charge is 0.392 e. The number of hydrazine groups is 2. The summed E-state index contributed by atoms with van der Waals surface area (Å²) in [5, 5.41) is 20.5. The molecule has 0 fully saturated rings. The van der Waals surface area contributed by atoms with E-state index < -0.39 is 4.92 Å². The number of hydrogen-bond donors (Lipinski definition) is 3. The Labute approximate surface area is 94.9 Å². The SMILES string of the molecule is NN1NC=C(c2ncc([N+](=O)[O-])n2CCO)O1. The minimum Gasteiger partial charge on any atom is -0.392 e. The molecule has 10 nitrogen and oxygen atoms in total. The van der Waals surface area contributed by atoms with Gasteiger partial charge in [-0.3, -0.25) is 5.43 Å². The molecule has 1 aromatic heterocycles. The molecule has 4 N–H and O–H groups in total. The van der Waals surface area contributed by atoms with Crippen molar-refractivity contribution in [1.82, 2.24) is 20.3 Å². The van der Waals surface area contributed by atoms with Crippen LogP contribution in [0.2, 0.25) is 0 Å². The van der Waals surface area contributed by atoms with E-state index in [0.717, 1.165) is 11.5 Å². The number of aliphatic hydroxyl groups is 1. The van der Waals surface area contributed by atoms with E-state index in [1.807, 2.05) is 0 Å². The van der Waals surface area contributed by atoms with Crippen molar-refractivity contribution in [2.45, 2.75) is 6.54 Å². The lowest BCUT2D eigenvalue weighted by atomic mass is 10.4. The number of nitrogens with one attached hydrogen (secondary N) is 1. The van der Waals surface area contributed by atoms with Crippen LogP contribution < -0.4 is 11.3 Å². The fourth-order valence-corrected chi connectivity index (χ4v) is 1.42. The third-order valence-electron chi connectivity index (χ3n) is 2.09. The van der Waals surface area contributed by atoms with E-state index in [1.165, 1.54) is 10.8 Å². The lowest BCUT2D eigenvalue weighted by Gasteiger charge is -2.07. The summed E-state index contributed by atoms with van der Waals surface area (Å²) >= 11 is 0. The van der Waals surface area contributed by atoms with Crippen molar-refractivity contribution in [3.05, 3.63) is 28.3 Å². The van der Waals surface area contributed by atoms with Gasteiger partial charge in [-0.25, -0.2) is 15.4 Å². The van der Waals surface area contributed by atoms with Crippen molar-refractivity contribution in [1.29, 1.82) is 0 Å². The van der Waals surface area contributed by atoms with Gasteiger partial charge in [-0.2, -0.15) is 0 Å². The molecule has 0 spiro atoms. The number of rotatable bonds is 4. The summed E-state index contributed by atoms with van der Waals surface area (Å²) in [6.07, 6.45) is 2.49. The molecule has 1 aromatic rings. The number of hydrogen-bond acceptors (Lipinski definition) is 8. The third-order valence-corrected chi connectivity index (χ3v) is 2.09. The zero-order valence-corrected chi connectivity index (χ0v) is 8.61. The van der Waals surface area contributed by atoms with Crippen molar-refractivity contribution < 1.29 is 14.9 Å². The Bertz CT molecular complexity index is 469. The number of aliphatic hydroxyl groups excluding tert-OH is 1. The average Bonchev–Trinajstić information content (AvgIpc) is 2.85. The molecule has 1 aliphatic heterocycles. The summed E-state index contributed by atoms with van der Waals surface area (Å²) in [6.45, 7) is -0.214. The first-order valence-electron chi connectivity index (χ1n) is 4.63. The normalized spacial score (nSPS) is 15.3.